The molecule has 0 bridgehead atoms. The van der Waals surface area contributed by atoms with Gasteiger partial charge < -0.3 is 9.47 Å². The molecule has 0 spiro atoms. The van der Waals surface area contributed by atoms with E-state index in [1.54, 1.807) is 12.1 Å². The monoisotopic (exact) mass is 306 g/mol. The summed E-state index contributed by atoms with van der Waals surface area (Å²) in [4.78, 5) is 11.2. The van der Waals surface area contributed by atoms with E-state index in [1.165, 1.54) is 7.11 Å². The number of carbonyl (C=O) groups excluding carboxylic acids is 1. The normalized spacial score (nSPS) is 9.89. The molecule has 0 radical (unpaired) electrons. The van der Waals surface area contributed by atoms with Crippen molar-refractivity contribution in [2.45, 2.75) is 0 Å². The molecule has 0 atom stereocenters. The lowest BCUT2D eigenvalue weighted by Crippen LogP contribution is -2.07. The topological polar surface area (TPSA) is 35.5 Å². The van der Waals surface area contributed by atoms with Crippen LogP contribution < -0.4 is 4.74 Å². The summed E-state index contributed by atoms with van der Waals surface area (Å²) in [5, 5.41) is 0. The van der Waals surface area contributed by atoms with Crippen LogP contribution in [0.1, 0.15) is 0 Å². The van der Waals surface area contributed by atoms with E-state index in [0.29, 0.717) is 5.75 Å². The van der Waals surface area contributed by atoms with Gasteiger partial charge >= 0.3 is 6.16 Å². The van der Waals surface area contributed by atoms with Crippen molar-refractivity contribution < 1.29 is 14.3 Å². The summed E-state index contributed by atoms with van der Waals surface area (Å²) < 4.78 is 10.6. The van der Waals surface area contributed by atoms with E-state index in [0.717, 1.165) is 15.6 Å². The van der Waals surface area contributed by atoms with Crippen LogP contribution in [-0.4, -0.2) is 13.3 Å². The van der Waals surface area contributed by atoms with E-state index < -0.39 is 6.16 Å². The third-order valence-corrected chi connectivity index (χ3v) is 2.93. The first-order chi connectivity index (χ1) is 8.70. The van der Waals surface area contributed by atoms with Gasteiger partial charge in [0.15, 0.2) is 0 Å². The Hall–Kier alpha value is -1.81. The first kappa shape index (κ1) is 12.6. The van der Waals surface area contributed by atoms with Gasteiger partial charge in [0.1, 0.15) is 5.75 Å². The summed E-state index contributed by atoms with van der Waals surface area (Å²) in [6, 6.07) is 15.1. The Morgan fingerprint density at radius 1 is 1.06 bits per heavy atom. The third kappa shape index (κ3) is 2.90. The molecule has 0 fully saturated rings. The van der Waals surface area contributed by atoms with Gasteiger partial charge in [0.2, 0.25) is 0 Å². The highest BCUT2D eigenvalue weighted by Gasteiger charge is 2.10. The standard InChI is InChI=1S/C14H11BrO3/c1-17-14(16)18-13-5-3-2-4-12(13)10-6-8-11(15)9-7-10/h2-9H,1H3. The van der Waals surface area contributed by atoms with Crippen LogP contribution in [0.3, 0.4) is 0 Å². The van der Waals surface area contributed by atoms with Crippen LogP contribution in [0.25, 0.3) is 11.1 Å². The van der Waals surface area contributed by atoms with Gasteiger partial charge in [-0.1, -0.05) is 46.3 Å². The number of para-hydroxylation sites is 1. The summed E-state index contributed by atoms with van der Waals surface area (Å²) in [5.41, 5.74) is 1.81. The highest BCUT2D eigenvalue weighted by Crippen LogP contribution is 2.30. The quantitative estimate of drug-likeness (QED) is 0.614. The van der Waals surface area contributed by atoms with Gasteiger partial charge in [0.25, 0.3) is 0 Å². The minimum atomic E-state index is -0.723. The molecule has 0 aliphatic rings. The average molecular weight is 307 g/mol. The zero-order chi connectivity index (χ0) is 13.0. The Kier molecular flexibility index (Phi) is 3.99. The average Bonchev–Trinajstić information content (AvgIpc) is 2.40. The van der Waals surface area contributed by atoms with Crippen molar-refractivity contribution in [3.8, 4) is 16.9 Å². The maximum absolute atomic E-state index is 11.2. The molecule has 0 heterocycles. The SMILES string of the molecule is COC(=O)Oc1ccccc1-c1ccc(Br)cc1. The minimum absolute atomic E-state index is 0.478. The maximum Gasteiger partial charge on any atom is 0.513 e. The highest BCUT2D eigenvalue weighted by molar-refractivity contribution is 9.10. The van der Waals surface area contributed by atoms with Gasteiger partial charge in [-0.2, -0.15) is 0 Å². The fourth-order valence-electron chi connectivity index (χ4n) is 1.56. The second-order valence-corrected chi connectivity index (χ2v) is 4.47. The highest BCUT2D eigenvalue weighted by atomic mass is 79.9. The Bertz CT molecular complexity index is 549. The van der Waals surface area contributed by atoms with Gasteiger partial charge in [0, 0.05) is 10.0 Å². The van der Waals surface area contributed by atoms with E-state index in [-0.39, 0.29) is 0 Å². The second kappa shape index (κ2) is 5.69. The van der Waals surface area contributed by atoms with Crippen molar-refractivity contribution >= 4 is 22.1 Å². The predicted molar refractivity (Wildman–Crippen MR) is 72.6 cm³/mol. The lowest BCUT2D eigenvalue weighted by Gasteiger charge is -2.09. The van der Waals surface area contributed by atoms with Crippen molar-refractivity contribution in [2.24, 2.45) is 0 Å². The maximum atomic E-state index is 11.2. The fraction of sp³-hybridized carbons (Fsp3) is 0.0714. The van der Waals surface area contributed by atoms with E-state index in [9.17, 15) is 4.79 Å². The van der Waals surface area contributed by atoms with E-state index in [2.05, 4.69) is 20.7 Å². The number of rotatable bonds is 2. The molecular formula is C14H11BrO3. The summed E-state index contributed by atoms with van der Waals surface area (Å²) in [7, 11) is 1.28. The Labute approximate surface area is 113 Å². The molecule has 0 aliphatic carbocycles. The Morgan fingerprint density at radius 2 is 1.72 bits per heavy atom. The number of benzene rings is 2. The number of hydrogen-bond donors (Lipinski definition) is 0. The molecule has 2 rings (SSSR count). The van der Waals surface area contributed by atoms with Gasteiger partial charge in [0.05, 0.1) is 7.11 Å². The van der Waals surface area contributed by atoms with Crippen molar-refractivity contribution in [3.63, 3.8) is 0 Å². The number of carbonyl (C=O) groups is 1. The van der Waals surface area contributed by atoms with Crippen molar-refractivity contribution in [3.05, 3.63) is 53.0 Å². The third-order valence-electron chi connectivity index (χ3n) is 2.40. The first-order valence-electron chi connectivity index (χ1n) is 5.31. The predicted octanol–water partition coefficient (Wildman–Crippen LogP) is 4.26. The first-order valence-corrected chi connectivity index (χ1v) is 6.11. The molecule has 0 aromatic heterocycles. The lowest BCUT2D eigenvalue weighted by molar-refractivity contribution is 0.121. The molecule has 0 saturated carbocycles. The van der Waals surface area contributed by atoms with E-state index in [4.69, 9.17) is 4.74 Å². The molecular weight excluding hydrogens is 296 g/mol. The number of ether oxygens (including phenoxy) is 2. The van der Waals surface area contributed by atoms with Crippen LogP contribution in [0, 0.1) is 0 Å². The summed E-state index contributed by atoms with van der Waals surface area (Å²) in [6.45, 7) is 0. The van der Waals surface area contributed by atoms with Crippen LogP contribution >= 0.6 is 15.9 Å². The Balaban J connectivity index is 2.38. The lowest BCUT2D eigenvalue weighted by atomic mass is 10.1. The largest absolute Gasteiger partial charge is 0.513 e. The molecule has 0 unspecified atom stereocenters. The second-order valence-electron chi connectivity index (χ2n) is 3.56. The van der Waals surface area contributed by atoms with Gasteiger partial charge in [-0.3, -0.25) is 0 Å². The molecule has 0 N–H and O–H groups in total. The molecule has 3 nitrogen and oxygen atoms in total. The molecule has 0 saturated heterocycles. The zero-order valence-electron chi connectivity index (χ0n) is 9.72. The molecule has 2 aromatic carbocycles. The molecule has 92 valence electrons. The molecule has 0 amide bonds. The van der Waals surface area contributed by atoms with Gasteiger partial charge in [-0.15, -0.1) is 0 Å². The summed E-state index contributed by atoms with van der Waals surface area (Å²) in [5.74, 6) is 0.478. The number of methoxy groups -OCH3 is 1. The Morgan fingerprint density at radius 3 is 2.39 bits per heavy atom. The fourth-order valence-corrected chi connectivity index (χ4v) is 1.82. The summed E-state index contributed by atoms with van der Waals surface area (Å²) in [6.07, 6.45) is -0.723. The number of halogens is 1. The molecule has 2 aromatic rings. The van der Waals surface area contributed by atoms with Gasteiger partial charge in [-0.25, -0.2) is 4.79 Å². The van der Waals surface area contributed by atoms with Crippen molar-refractivity contribution in [1.82, 2.24) is 0 Å². The zero-order valence-corrected chi connectivity index (χ0v) is 11.3. The summed E-state index contributed by atoms with van der Waals surface area (Å²) >= 11 is 3.38. The van der Waals surface area contributed by atoms with E-state index in [1.807, 2.05) is 36.4 Å². The number of hydrogen-bond acceptors (Lipinski definition) is 3. The van der Waals surface area contributed by atoms with Crippen molar-refractivity contribution in [1.29, 1.82) is 0 Å². The van der Waals surface area contributed by atoms with Gasteiger partial charge in [-0.05, 0) is 23.8 Å². The molecule has 4 heteroatoms. The van der Waals surface area contributed by atoms with Crippen LogP contribution in [0.5, 0.6) is 5.75 Å². The minimum Gasteiger partial charge on any atom is -0.437 e. The van der Waals surface area contributed by atoms with E-state index >= 15 is 0 Å². The smallest absolute Gasteiger partial charge is 0.437 e. The van der Waals surface area contributed by atoms with Crippen LogP contribution in [0.15, 0.2) is 53.0 Å². The van der Waals surface area contributed by atoms with Crippen LogP contribution in [0.4, 0.5) is 4.79 Å². The molecule has 18 heavy (non-hydrogen) atoms. The van der Waals surface area contributed by atoms with Crippen LogP contribution in [-0.2, 0) is 4.74 Å². The molecule has 0 aliphatic heterocycles. The van der Waals surface area contributed by atoms with Crippen LogP contribution in [0.2, 0.25) is 0 Å². The van der Waals surface area contributed by atoms with Crippen molar-refractivity contribution in [2.75, 3.05) is 7.11 Å².